The van der Waals surface area contributed by atoms with Crippen LogP contribution < -0.4 is 5.32 Å². The van der Waals surface area contributed by atoms with Crippen molar-refractivity contribution in [3.8, 4) is 0 Å². The van der Waals surface area contributed by atoms with E-state index >= 15 is 0 Å². The fraction of sp³-hybridized carbons (Fsp3) is 0.950. The van der Waals surface area contributed by atoms with E-state index in [0.717, 1.165) is 25.7 Å². The molecule has 146 valence electrons. The van der Waals surface area contributed by atoms with Crippen molar-refractivity contribution in [1.82, 2.24) is 5.32 Å². The van der Waals surface area contributed by atoms with E-state index in [1.807, 2.05) is 0 Å². The smallest absolute Gasteiger partial charge is 0.223 e. The standard InChI is InChI=1S/C20H37NO3S/c1-15(2)20(19(3,4)5)10-6-17(7-11-20)18(22)21-14-16-8-12-25(23,24)13-9-16/h15-17H,6-14H2,1-5H3,(H,21,22). The molecule has 2 aliphatic rings. The molecular weight excluding hydrogens is 334 g/mol. The molecule has 0 radical (unpaired) electrons. The van der Waals surface area contributed by atoms with Crippen LogP contribution in [0.15, 0.2) is 0 Å². The van der Waals surface area contributed by atoms with Gasteiger partial charge in [0.15, 0.2) is 0 Å². The highest BCUT2D eigenvalue weighted by atomic mass is 32.2. The molecule has 1 amide bonds. The van der Waals surface area contributed by atoms with Crippen LogP contribution in [0.5, 0.6) is 0 Å². The van der Waals surface area contributed by atoms with E-state index in [2.05, 4.69) is 39.9 Å². The van der Waals surface area contributed by atoms with E-state index in [1.54, 1.807) is 0 Å². The Balaban J connectivity index is 1.83. The van der Waals surface area contributed by atoms with Crippen LogP contribution in [0.1, 0.15) is 73.1 Å². The highest BCUT2D eigenvalue weighted by Gasteiger charge is 2.47. The molecule has 0 aromatic rings. The quantitative estimate of drug-likeness (QED) is 0.817. The van der Waals surface area contributed by atoms with Crippen molar-refractivity contribution in [3.63, 3.8) is 0 Å². The van der Waals surface area contributed by atoms with Crippen molar-refractivity contribution < 1.29 is 13.2 Å². The number of hydrogen-bond acceptors (Lipinski definition) is 3. The van der Waals surface area contributed by atoms with Crippen LogP contribution in [0, 0.1) is 28.6 Å². The summed E-state index contributed by atoms with van der Waals surface area (Å²) < 4.78 is 23.0. The van der Waals surface area contributed by atoms with Crippen LogP contribution in [0.3, 0.4) is 0 Å². The molecule has 1 heterocycles. The average molecular weight is 372 g/mol. The van der Waals surface area contributed by atoms with E-state index in [-0.39, 0.29) is 28.7 Å². The highest BCUT2D eigenvalue weighted by Crippen LogP contribution is 2.55. The maximum absolute atomic E-state index is 12.6. The van der Waals surface area contributed by atoms with Gasteiger partial charge in [-0.1, -0.05) is 34.6 Å². The SMILES string of the molecule is CC(C)C1(C(C)(C)C)CCC(C(=O)NCC2CCS(=O)(=O)CC2)CC1. The summed E-state index contributed by atoms with van der Waals surface area (Å²) in [6.45, 7) is 12.3. The molecule has 0 bridgehead atoms. The third-order valence-electron chi connectivity index (χ3n) is 7.09. The van der Waals surface area contributed by atoms with E-state index in [9.17, 15) is 13.2 Å². The average Bonchev–Trinajstić information content (AvgIpc) is 2.52. The molecule has 1 saturated carbocycles. The van der Waals surface area contributed by atoms with Gasteiger partial charge >= 0.3 is 0 Å². The zero-order chi connectivity index (χ0) is 18.9. The van der Waals surface area contributed by atoms with Gasteiger partial charge in [0.1, 0.15) is 9.84 Å². The molecule has 0 aromatic carbocycles. The second-order valence-electron chi connectivity index (χ2n) is 9.68. The predicted octanol–water partition coefficient (Wildman–Crippen LogP) is 3.81. The Bertz CT molecular complexity index is 552. The minimum atomic E-state index is -2.82. The lowest BCUT2D eigenvalue weighted by Gasteiger charge is -2.52. The summed E-state index contributed by atoms with van der Waals surface area (Å²) in [6.07, 6.45) is 5.56. The Morgan fingerprint density at radius 1 is 1.08 bits per heavy atom. The van der Waals surface area contributed by atoms with Gasteiger partial charge in [-0.15, -0.1) is 0 Å². The molecule has 1 aliphatic heterocycles. The second-order valence-corrected chi connectivity index (χ2v) is 12.0. The van der Waals surface area contributed by atoms with Crippen molar-refractivity contribution >= 4 is 15.7 Å². The number of rotatable bonds is 4. The van der Waals surface area contributed by atoms with Crippen molar-refractivity contribution in [1.29, 1.82) is 0 Å². The normalized spacial score (nSPS) is 31.0. The van der Waals surface area contributed by atoms with Crippen LogP contribution in [-0.4, -0.2) is 32.4 Å². The zero-order valence-corrected chi connectivity index (χ0v) is 17.5. The topological polar surface area (TPSA) is 63.2 Å². The van der Waals surface area contributed by atoms with Crippen molar-refractivity contribution in [3.05, 3.63) is 0 Å². The zero-order valence-electron chi connectivity index (χ0n) is 16.7. The second kappa shape index (κ2) is 7.58. The fourth-order valence-electron chi connectivity index (χ4n) is 5.12. The maximum atomic E-state index is 12.6. The van der Waals surface area contributed by atoms with Crippen molar-refractivity contribution in [2.45, 2.75) is 73.1 Å². The third kappa shape index (κ3) is 4.78. The first-order chi connectivity index (χ1) is 11.5. The molecule has 25 heavy (non-hydrogen) atoms. The molecule has 1 aliphatic carbocycles. The molecular formula is C20H37NO3S. The highest BCUT2D eigenvalue weighted by molar-refractivity contribution is 7.91. The molecule has 0 aromatic heterocycles. The Morgan fingerprint density at radius 3 is 2.04 bits per heavy atom. The molecule has 0 spiro atoms. The van der Waals surface area contributed by atoms with Gasteiger partial charge in [0.05, 0.1) is 11.5 Å². The van der Waals surface area contributed by atoms with Gasteiger partial charge in [0.2, 0.25) is 5.91 Å². The number of hydrogen-bond donors (Lipinski definition) is 1. The summed E-state index contributed by atoms with van der Waals surface area (Å²) in [6, 6.07) is 0. The van der Waals surface area contributed by atoms with Gasteiger partial charge in [0, 0.05) is 12.5 Å². The van der Waals surface area contributed by atoms with Gasteiger partial charge in [-0.2, -0.15) is 0 Å². The van der Waals surface area contributed by atoms with Gasteiger partial charge < -0.3 is 5.32 Å². The number of amides is 1. The largest absolute Gasteiger partial charge is 0.356 e. The van der Waals surface area contributed by atoms with Crippen LogP contribution in [0.4, 0.5) is 0 Å². The molecule has 4 nitrogen and oxygen atoms in total. The first-order valence-corrected chi connectivity index (χ1v) is 11.8. The van der Waals surface area contributed by atoms with E-state index < -0.39 is 9.84 Å². The van der Waals surface area contributed by atoms with E-state index in [0.29, 0.717) is 36.6 Å². The number of sulfone groups is 1. The summed E-state index contributed by atoms with van der Waals surface area (Å²) in [5.41, 5.74) is 0.581. The third-order valence-corrected chi connectivity index (χ3v) is 8.80. The number of nitrogens with one attached hydrogen (secondary N) is 1. The molecule has 1 saturated heterocycles. The molecule has 2 fully saturated rings. The van der Waals surface area contributed by atoms with Gasteiger partial charge in [-0.25, -0.2) is 8.42 Å². The van der Waals surface area contributed by atoms with E-state index in [1.165, 1.54) is 0 Å². The van der Waals surface area contributed by atoms with E-state index in [4.69, 9.17) is 0 Å². The van der Waals surface area contributed by atoms with Crippen molar-refractivity contribution in [2.75, 3.05) is 18.1 Å². The lowest BCUT2D eigenvalue weighted by Crippen LogP contribution is -2.46. The summed E-state index contributed by atoms with van der Waals surface area (Å²) in [4.78, 5) is 12.6. The molecule has 5 heteroatoms. The maximum Gasteiger partial charge on any atom is 0.223 e. The first-order valence-electron chi connectivity index (χ1n) is 9.95. The first kappa shape index (κ1) is 20.7. The van der Waals surface area contributed by atoms with Crippen LogP contribution in [0.2, 0.25) is 0 Å². The lowest BCUT2D eigenvalue weighted by atomic mass is 9.53. The monoisotopic (exact) mass is 371 g/mol. The van der Waals surface area contributed by atoms with Crippen LogP contribution in [0.25, 0.3) is 0 Å². The van der Waals surface area contributed by atoms with Gasteiger partial charge in [-0.3, -0.25) is 4.79 Å². The summed E-state index contributed by atoms with van der Waals surface area (Å²) in [5, 5.41) is 3.11. The van der Waals surface area contributed by atoms with Crippen molar-refractivity contribution in [2.24, 2.45) is 28.6 Å². The summed E-state index contributed by atoms with van der Waals surface area (Å²) >= 11 is 0. The Morgan fingerprint density at radius 2 is 1.60 bits per heavy atom. The molecule has 2 rings (SSSR count). The predicted molar refractivity (Wildman–Crippen MR) is 103 cm³/mol. The minimum absolute atomic E-state index is 0.126. The van der Waals surface area contributed by atoms with Crippen LogP contribution in [-0.2, 0) is 14.6 Å². The minimum Gasteiger partial charge on any atom is -0.356 e. The summed E-state index contributed by atoms with van der Waals surface area (Å²) in [7, 11) is -2.82. The molecule has 1 N–H and O–H groups in total. The summed E-state index contributed by atoms with van der Waals surface area (Å²) in [5.74, 6) is 1.81. The Hall–Kier alpha value is -0.580. The molecule has 0 unspecified atom stereocenters. The number of carbonyl (C=O) groups excluding carboxylic acids is 1. The lowest BCUT2D eigenvalue weighted by molar-refractivity contribution is -0.128. The molecule has 0 atom stereocenters. The Kier molecular flexibility index (Phi) is 6.28. The fourth-order valence-corrected chi connectivity index (χ4v) is 6.71. The van der Waals surface area contributed by atoms with Gasteiger partial charge in [-0.05, 0) is 61.2 Å². The van der Waals surface area contributed by atoms with Crippen LogP contribution >= 0.6 is 0 Å². The van der Waals surface area contributed by atoms with Gasteiger partial charge in [0.25, 0.3) is 0 Å². The number of carbonyl (C=O) groups is 1. The Labute approximate surface area is 154 Å².